The fraction of sp³-hybridized carbons (Fsp3) is 0.500. The topological polar surface area (TPSA) is 29.9 Å². The van der Waals surface area contributed by atoms with Gasteiger partial charge in [-0.05, 0) is 46.9 Å². The van der Waals surface area contributed by atoms with Crippen molar-refractivity contribution in [3.8, 4) is 0 Å². The quantitative estimate of drug-likeness (QED) is 0.917. The monoisotopic (exact) mass is 263 g/mol. The molecule has 0 saturated carbocycles. The van der Waals surface area contributed by atoms with Gasteiger partial charge in [0, 0.05) is 9.75 Å². The lowest BCUT2D eigenvalue weighted by molar-refractivity contribution is 0.402. The number of imidazole rings is 1. The Bertz CT molecular complexity index is 525. The Morgan fingerprint density at radius 3 is 2.67 bits per heavy atom. The number of nitrogens with zero attached hydrogens (tertiary/aromatic N) is 2. The number of aryl methyl sites for hydroxylation is 1. The van der Waals surface area contributed by atoms with Crippen LogP contribution in [-0.4, -0.2) is 16.6 Å². The van der Waals surface area contributed by atoms with Crippen molar-refractivity contribution in [2.45, 2.75) is 39.3 Å². The van der Waals surface area contributed by atoms with E-state index in [9.17, 15) is 0 Å². The third-order valence-electron chi connectivity index (χ3n) is 3.52. The maximum Gasteiger partial charge on any atom is 0.0954 e. The van der Waals surface area contributed by atoms with E-state index < -0.39 is 0 Å². The Kier molecular flexibility index (Phi) is 3.59. The predicted molar refractivity (Wildman–Crippen MR) is 77.2 cm³/mol. The largest absolute Gasteiger partial charge is 0.325 e. The van der Waals surface area contributed by atoms with E-state index in [2.05, 4.69) is 54.7 Å². The number of aromatic nitrogens is 2. The first-order chi connectivity index (χ1) is 8.45. The van der Waals surface area contributed by atoms with Crippen LogP contribution < -0.4 is 5.32 Å². The Morgan fingerprint density at radius 1 is 1.39 bits per heavy atom. The van der Waals surface area contributed by atoms with Gasteiger partial charge in [0.25, 0.3) is 0 Å². The Hall–Kier alpha value is -1.13. The second-order valence-corrected chi connectivity index (χ2v) is 6.51. The summed E-state index contributed by atoms with van der Waals surface area (Å²) in [6.07, 6.45) is 3.88. The van der Waals surface area contributed by atoms with Crippen molar-refractivity contribution in [3.05, 3.63) is 40.1 Å². The van der Waals surface area contributed by atoms with Crippen molar-refractivity contribution < 1.29 is 0 Å². The Balaban J connectivity index is 2.38. The third kappa shape index (κ3) is 2.35. The number of hydrogen-bond donors (Lipinski definition) is 1. The van der Waals surface area contributed by atoms with Crippen molar-refractivity contribution >= 4 is 11.3 Å². The summed E-state index contributed by atoms with van der Waals surface area (Å²) in [6, 6.07) is 4.71. The summed E-state index contributed by atoms with van der Waals surface area (Å²) < 4.78 is 2.25. The van der Waals surface area contributed by atoms with Crippen LogP contribution in [0.1, 0.15) is 42.3 Å². The zero-order valence-electron chi connectivity index (χ0n) is 11.7. The van der Waals surface area contributed by atoms with E-state index in [-0.39, 0.29) is 5.54 Å². The fourth-order valence-corrected chi connectivity index (χ4v) is 2.97. The molecule has 0 aliphatic rings. The fourth-order valence-electron chi connectivity index (χ4n) is 2.04. The minimum Gasteiger partial charge on any atom is -0.325 e. The van der Waals surface area contributed by atoms with E-state index in [1.807, 2.05) is 30.9 Å². The van der Waals surface area contributed by atoms with Crippen LogP contribution in [0.3, 0.4) is 0 Å². The lowest BCUT2D eigenvalue weighted by Crippen LogP contribution is -2.35. The highest BCUT2D eigenvalue weighted by atomic mass is 32.1. The van der Waals surface area contributed by atoms with Gasteiger partial charge in [-0.15, -0.1) is 11.3 Å². The van der Waals surface area contributed by atoms with Crippen molar-refractivity contribution in [3.63, 3.8) is 0 Å². The first-order valence-corrected chi connectivity index (χ1v) is 7.05. The maximum atomic E-state index is 4.32. The lowest BCUT2D eigenvalue weighted by atomic mass is 10.0. The van der Waals surface area contributed by atoms with Gasteiger partial charge < -0.3 is 9.88 Å². The highest BCUT2D eigenvalue weighted by Crippen LogP contribution is 2.29. The van der Waals surface area contributed by atoms with Crippen LogP contribution in [0.5, 0.6) is 0 Å². The van der Waals surface area contributed by atoms with Gasteiger partial charge in [-0.1, -0.05) is 0 Å². The summed E-state index contributed by atoms with van der Waals surface area (Å²) in [5, 5.41) is 3.34. The maximum absolute atomic E-state index is 4.32. The summed E-state index contributed by atoms with van der Waals surface area (Å²) >= 11 is 1.85. The molecule has 1 atom stereocenters. The number of rotatable bonds is 4. The van der Waals surface area contributed by atoms with Crippen LogP contribution in [0, 0.1) is 6.92 Å². The zero-order valence-corrected chi connectivity index (χ0v) is 12.5. The molecule has 3 nitrogen and oxygen atoms in total. The molecule has 0 fully saturated rings. The summed E-state index contributed by atoms with van der Waals surface area (Å²) in [4.78, 5) is 7.04. The van der Waals surface area contributed by atoms with Gasteiger partial charge >= 0.3 is 0 Å². The smallest absolute Gasteiger partial charge is 0.0954 e. The molecule has 2 aromatic heterocycles. The van der Waals surface area contributed by atoms with Crippen LogP contribution in [0.25, 0.3) is 0 Å². The van der Waals surface area contributed by atoms with Crippen molar-refractivity contribution in [2.24, 2.45) is 0 Å². The van der Waals surface area contributed by atoms with Gasteiger partial charge in [0.15, 0.2) is 0 Å². The predicted octanol–water partition coefficient (Wildman–Crippen LogP) is 3.32. The molecule has 2 heterocycles. The summed E-state index contributed by atoms with van der Waals surface area (Å²) in [5.41, 5.74) is 1.14. The van der Waals surface area contributed by atoms with Crippen LogP contribution in [0.2, 0.25) is 0 Å². The van der Waals surface area contributed by atoms with E-state index in [1.165, 1.54) is 15.4 Å². The first-order valence-electron chi connectivity index (χ1n) is 6.23. The lowest BCUT2D eigenvalue weighted by Gasteiger charge is -2.27. The zero-order chi connectivity index (χ0) is 13.3. The highest BCUT2D eigenvalue weighted by Gasteiger charge is 2.24. The van der Waals surface area contributed by atoms with Gasteiger partial charge in [0.05, 0.1) is 29.8 Å². The molecule has 1 unspecified atom stereocenters. The normalized spacial score (nSPS) is 13.8. The van der Waals surface area contributed by atoms with Crippen molar-refractivity contribution in [1.29, 1.82) is 0 Å². The van der Waals surface area contributed by atoms with Gasteiger partial charge in [-0.25, -0.2) is 4.98 Å². The number of hydrogen-bond acceptors (Lipinski definition) is 3. The molecule has 98 valence electrons. The van der Waals surface area contributed by atoms with Crippen LogP contribution in [0.4, 0.5) is 0 Å². The van der Waals surface area contributed by atoms with Crippen molar-refractivity contribution in [1.82, 2.24) is 14.9 Å². The van der Waals surface area contributed by atoms with Crippen LogP contribution >= 0.6 is 11.3 Å². The molecule has 0 bridgehead atoms. The minimum atomic E-state index is -0.0724. The highest BCUT2D eigenvalue weighted by molar-refractivity contribution is 7.12. The molecule has 0 spiro atoms. The Labute approximate surface area is 113 Å². The van der Waals surface area contributed by atoms with Crippen molar-refractivity contribution in [2.75, 3.05) is 7.05 Å². The van der Waals surface area contributed by atoms with E-state index in [0.29, 0.717) is 6.04 Å². The second kappa shape index (κ2) is 4.86. The minimum absolute atomic E-state index is 0.0724. The van der Waals surface area contributed by atoms with E-state index >= 15 is 0 Å². The molecule has 18 heavy (non-hydrogen) atoms. The molecule has 0 radical (unpaired) electrons. The van der Waals surface area contributed by atoms with Gasteiger partial charge in [0.1, 0.15) is 0 Å². The van der Waals surface area contributed by atoms with Crippen LogP contribution in [-0.2, 0) is 5.54 Å². The third-order valence-corrected chi connectivity index (χ3v) is 4.69. The molecule has 1 N–H and O–H groups in total. The standard InChI is InChI=1S/C14H21N3S/c1-10-6-7-12(18-10)11(2)17-9-16-8-13(17)14(3,4)15-5/h6-9,11,15H,1-5H3. The average Bonchev–Trinajstić information content (AvgIpc) is 2.96. The SMILES string of the molecule is CNC(C)(C)c1cncn1C(C)c1ccc(C)s1. The van der Waals surface area contributed by atoms with E-state index in [0.717, 1.165) is 0 Å². The first kappa shape index (κ1) is 13.3. The molecule has 0 aromatic carbocycles. The second-order valence-electron chi connectivity index (χ2n) is 5.19. The van der Waals surface area contributed by atoms with Gasteiger partial charge in [-0.2, -0.15) is 0 Å². The molecular formula is C14H21N3S. The summed E-state index contributed by atoms with van der Waals surface area (Å²) in [6.45, 7) is 8.72. The molecule has 0 aliphatic heterocycles. The molecule has 0 amide bonds. The van der Waals surface area contributed by atoms with Gasteiger partial charge in [-0.3, -0.25) is 0 Å². The average molecular weight is 263 g/mol. The molecule has 0 aliphatic carbocycles. The van der Waals surface area contributed by atoms with E-state index in [4.69, 9.17) is 0 Å². The van der Waals surface area contributed by atoms with Crippen LogP contribution in [0.15, 0.2) is 24.7 Å². The molecular weight excluding hydrogens is 242 g/mol. The molecule has 0 saturated heterocycles. The molecule has 4 heteroatoms. The van der Waals surface area contributed by atoms with E-state index in [1.54, 1.807) is 0 Å². The molecule has 2 rings (SSSR count). The number of nitrogens with one attached hydrogen (secondary N) is 1. The molecule has 2 aromatic rings. The Morgan fingerprint density at radius 2 is 2.11 bits per heavy atom. The summed E-state index contributed by atoms with van der Waals surface area (Å²) in [5.74, 6) is 0. The summed E-state index contributed by atoms with van der Waals surface area (Å²) in [7, 11) is 1.98. The number of thiophene rings is 1. The van der Waals surface area contributed by atoms with Gasteiger partial charge in [0.2, 0.25) is 0 Å².